The van der Waals surface area contributed by atoms with Crippen LogP contribution in [0.5, 0.6) is 0 Å². The number of ether oxygens (including phenoxy) is 1. The quantitative estimate of drug-likeness (QED) is 0.435. The fourth-order valence-electron chi connectivity index (χ4n) is 1.19. The molecule has 10 nitrogen and oxygen atoms in total. The lowest BCUT2D eigenvalue weighted by atomic mass is 10.4. The average Bonchev–Trinajstić information content (AvgIpc) is 2.86. The van der Waals surface area contributed by atoms with E-state index in [0.717, 1.165) is 18.0 Å². The maximum Gasteiger partial charge on any atom is 0.327 e. The van der Waals surface area contributed by atoms with Gasteiger partial charge < -0.3 is 4.74 Å². The largest absolute Gasteiger partial charge is 0.468 e. The molecule has 0 bridgehead atoms. The summed E-state index contributed by atoms with van der Waals surface area (Å²) in [5, 5.41) is 22.1. The van der Waals surface area contributed by atoms with E-state index in [1.807, 2.05) is 0 Å². The highest BCUT2D eigenvalue weighted by molar-refractivity contribution is 7.99. The number of tetrazole rings is 1. The molecule has 0 aliphatic rings. The highest BCUT2D eigenvalue weighted by Gasteiger charge is 2.13. The van der Waals surface area contributed by atoms with Crippen LogP contribution in [-0.4, -0.2) is 43.2 Å². The minimum Gasteiger partial charge on any atom is -0.468 e. The molecule has 0 aromatic carbocycles. The third kappa shape index (κ3) is 3.26. The smallest absolute Gasteiger partial charge is 0.327 e. The van der Waals surface area contributed by atoms with Crippen LogP contribution in [0.1, 0.15) is 0 Å². The van der Waals surface area contributed by atoms with Crippen LogP contribution in [-0.2, 0) is 16.1 Å². The van der Waals surface area contributed by atoms with E-state index in [1.165, 1.54) is 23.9 Å². The van der Waals surface area contributed by atoms with E-state index in [-0.39, 0.29) is 12.2 Å². The number of hydrogen-bond donors (Lipinski definition) is 0. The summed E-state index contributed by atoms with van der Waals surface area (Å²) in [6.45, 7) is -0.126. The summed E-state index contributed by atoms with van der Waals surface area (Å²) in [5.74, 6) is -0.490. The summed E-state index contributed by atoms with van der Waals surface area (Å²) in [7, 11) is 1.26. The Hall–Kier alpha value is -2.56. The molecule has 20 heavy (non-hydrogen) atoms. The molecule has 0 amide bonds. The van der Waals surface area contributed by atoms with E-state index in [0.29, 0.717) is 10.2 Å². The van der Waals surface area contributed by atoms with Crippen molar-refractivity contribution in [2.24, 2.45) is 0 Å². The molecule has 0 saturated carbocycles. The van der Waals surface area contributed by atoms with Crippen LogP contribution in [0.2, 0.25) is 0 Å². The van der Waals surface area contributed by atoms with Gasteiger partial charge in [-0.25, -0.2) is 9.67 Å². The summed E-state index contributed by atoms with van der Waals surface area (Å²) < 4.78 is 5.77. The number of methoxy groups -OCH3 is 1. The molecule has 2 aromatic heterocycles. The molecule has 0 saturated heterocycles. The second-order valence-corrected chi connectivity index (χ2v) is 4.40. The molecule has 0 aliphatic carbocycles. The zero-order chi connectivity index (χ0) is 14.5. The van der Waals surface area contributed by atoms with Gasteiger partial charge in [0, 0.05) is 6.07 Å². The second-order valence-electron chi connectivity index (χ2n) is 3.41. The third-order valence-electron chi connectivity index (χ3n) is 2.13. The van der Waals surface area contributed by atoms with Crippen molar-refractivity contribution in [2.45, 2.75) is 16.7 Å². The van der Waals surface area contributed by atoms with Gasteiger partial charge in [-0.15, -0.1) is 5.10 Å². The molecule has 104 valence electrons. The summed E-state index contributed by atoms with van der Waals surface area (Å²) in [6, 6.07) is 2.80. The number of carbonyl (C=O) groups excluding carboxylic acids is 1. The Balaban J connectivity index is 2.12. The number of hydrogen-bond acceptors (Lipinski definition) is 9. The standard InChI is InChI=1S/C9H8N6O4S/c1-19-8(16)5-14-9(11-12-13-14)20-7-3-2-6(4-10-7)15(17)18/h2-4H,5H2,1H3. The number of nitro groups is 1. The first-order valence-corrected chi connectivity index (χ1v) is 6.03. The van der Waals surface area contributed by atoms with Crippen molar-refractivity contribution < 1.29 is 14.5 Å². The lowest BCUT2D eigenvalue weighted by Crippen LogP contribution is -2.13. The lowest BCUT2D eigenvalue weighted by molar-refractivity contribution is -0.385. The Morgan fingerprint density at radius 2 is 2.35 bits per heavy atom. The second kappa shape index (κ2) is 6.06. The molecule has 0 fully saturated rings. The van der Waals surface area contributed by atoms with Crippen molar-refractivity contribution in [1.82, 2.24) is 25.2 Å². The summed E-state index contributed by atoms with van der Waals surface area (Å²) in [5.41, 5.74) is -0.108. The fourth-order valence-corrected chi connectivity index (χ4v) is 1.90. The monoisotopic (exact) mass is 296 g/mol. The topological polar surface area (TPSA) is 126 Å². The first-order chi connectivity index (χ1) is 9.60. The maximum atomic E-state index is 11.2. The van der Waals surface area contributed by atoms with Crippen LogP contribution in [0.3, 0.4) is 0 Å². The molecule has 11 heteroatoms. The van der Waals surface area contributed by atoms with Gasteiger partial charge in [-0.3, -0.25) is 14.9 Å². The van der Waals surface area contributed by atoms with Gasteiger partial charge in [0.05, 0.1) is 12.0 Å². The highest BCUT2D eigenvalue weighted by Crippen LogP contribution is 2.24. The van der Waals surface area contributed by atoms with Gasteiger partial charge in [0.2, 0.25) is 5.16 Å². The zero-order valence-corrected chi connectivity index (χ0v) is 11.0. The molecule has 0 atom stereocenters. The molecule has 2 heterocycles. The molecule has 0 unspecified atom stereocenters. The molecule has 0 spiro atoms. The Bertz CT molecular complexity index is 628. The minimum absolute atomic E-state index is 0.108. The predicted octanol–water partition coefficient (Wildman–Crippen LogP) is 0.300. The molecular formula is C9H8N6O4S. The molecule has 0 N–H and O–H groups in total. The van der Waals surface area contributed by atoms with Gasteiger partial charge in [-0.1, -0.05) is 0 Å². The normalized spacial score (nSPS) is 10.2. The van der Waals surface area contributed by atoms with Gasteiger partial charge in [-0.05, 0) is 28.3 Å². The third-order valence-corrected chi connectivity index (χ3v) is 3.06. The van der Waals surface area contributed by atoms with Crippen molar-refractivity contribution in [1.29, 1.82) is 0 Å². The zero-order valence-electron chi connectivity index (χ0n) is 10.2. The van der Waals surface area contributed by atoms with Gasteiger partial charge in [0.25, 0.3) is 5.69 Å². The van der Waals surface area contributed by atoms with Crippen molar-refractivity contribution in [3.63, 3.8) is 0 Å². The summed E-state index contributed by atoms with van der Waals surface area (Å²) >= 11 is 1.08. The van der Waals surface area contributed by atoms with Gasteiger partial charge in [0.15, 0.2) is 0 Å². The van der Waals surface area contributed by atoms with Crippen molar-refractivity contribution in [2.75, 3.05) is 7.11 Å². The van der Waals surface area contributed by atoms with Crippen LogP contribution in [0, 0.1) is 10.1 Å². The summed E-state index contributed by atoms with van der Waals surface area (Å²) in [6.07, 6.45) is 1.14. The molecular weight excluding hydrogens is 288 g/mol. The van der Waals surface area contributed by atoms with Crippen molar-refractivity contribution in [3.8, 4) is 0 Å². The number of esters is 1. The SMILES string of the molecule is COC(=O)Cn1nnnc1Sc1ccc([N+](=O)[O-])cn1. The van der Waals surface area contributed by atoms with Crippen molar-refractivity contribution in [3.05, 3.63) is 28.4 Å². The number of rotatable bonds is 5. The van der Waals surface area contributed by atoms with Gasteiger partial charge in [0.1, 0.15) is 17.8 Å². The maximum absolute atomic E-state index is 11.2. The minimum atomic E-state index is -0.539. The molecule has 2 rings (SSSR count). The Kier molecular flexibility index (Phi) is 4.20. The van der Waals surface area contributed by atoms with E-state index < -0.39 is 10.9 Å². The number of carbonyl (C=O) groups is 1. The lowest BCUT2D eigenvalue weighted by Gasteiger charge is -2.02. The first-order valence-electron chi connectivity index (χ1n) is 5.21. The molecule has 0 aliphatic heterocycles. The van der Waals surface area contributed by atoms with Gasteiger partial charge in [-0.2, -0.15) is 0 Å². The highest BCUT2D eigenvalue weighted by atomic mass is 32.2. The van der Waals surface area contributed by atoms with E-state index >= 15 is 0 Å². The van der Waals surface area contributed by atoms with Crippen LogP contribution in [0.25, 0.3) is 0 Å². The number of nitrogens with zero attached hydrogens (tertiary/aromatic N) is 6. The van der Waals surface area contributed by atoms with E-state index in [9.17, 15) is 14.9 Å². The molecule has 0 radical (unpaired) electrons. The molecule has 2 aromatic rings. The fraction of sp³-hybridized carbons (Fsp3) is 0.222. The van der Waals surface area contributed by atoms with Gasteiger partial charge >= 0.3 is 5.97 Å². The van der Waals surface area contributed by atoms with Crippen molar-refractivity contribution >= 4 is 23.4 Å². The first kappa shape index (κ1) is 13.9. The van der Waals surface area contributed by atoms with E-state index in [4.69, 9.17) is 0 Å². The predicted molar refractivity (Wildman–Crippen MR) is 64.8 cm³/mol. The Morgan fingerprint density at radius 3 is 2.95 bits per heavy atom. The summed E-state index contributed by atoms with van der Waals surface area (Å²) in [4.78, 5) is 25.0. The Labute approximate surface area is 116 Å². The number of aromatic nitrogens is 5. The van der Waals surface area contributed by atoms with Crippen LogP contribution >= 0.6 is 11.8 Å². The van der Waals surface area contributed by atoms with E-state index in [1.54, 1.807) is 0 Å². The van der Waals surface area contributed by atoms with Crippen LogP contribution in [0.4, 0.5) is 5.69 Å². The van der Waals surface area contributed by atoms with E-state index in [2.05, 4.69) is 25.2 Å². The average molecular weight is 296 g/mol. The van der Waals surface area contributed by atoms with Crippen LogP contribution < -0.4 is 0 Å². The Morgan fingerprint density at radius 1 is 1.55 bits per heavy atom. The van der Waals surface area contributed by atoms with Crippen LogP contribution in [0.15, 0.2) is 28.5 Å². The number of pyridine rings is 1.